The molecule has 1 atom stereocenters. The first-order chi connectivity index (χ1) is 9.65. The Balaban J connectivity index is 1.72. The molecule has 0 aliphatic carbocycles. The van der Waals surface area contributed by atoms with Crippen LogP contribution in [0.3, 0.4) is 0 Å². The number of carbonyl (C=O) groups is 3. The molecule has 2 aliphatic heterocycles. The average molecular weight is 271 g/mol. The van der Waals surface area contributed by atoms with Crippen molar-refractivity contribution in [2.45, 2.75) is 25.4 Å². The third-order valence-corrected chi connectivity index (χ3v) is 3.44. The van der Waals surface area contributed by atoms with Gasteiger partial charge in [-0.1, -0.05) is 24.3 Å². The van der Waals surface area contributed by atoms with Gasteiger partial charge in [0, 0.05) is 12.0 Å². The summed E-state index contributed by atoms with van der Waals surface area (Å²) in [6.45, 7) is 0.480. The van der Waals surface area contributed by atoms with Gasteiger partial charge < -0.3 is 5.32 Å². The number of fused-ring (bicyclic) bond motifs is 1. The van der Waals surface area contributed by atoms with Gasteiger partial charge in [-0.05, 0) is 12.0 Å². The van der Waals surface area contributed by atoms with E-state index in [2.05, 4.69) is 15.6 Å². The van der Waals surface area contributed by atoms with E-state index >= 15 is 0 Å². The summed E-state index contributed by atoms with van der Waals surface area (Å²) in [5, 5.41) is 4.85. The minimum Gasteiger partial charge on any atom is -0.339 e. The molecule has 0 radical (unpaired) electrons. The number of piperidine rings is 1. The quantitative estimate of drug-likeness (QED) is 0.737. The van der Waals surface area contributed by atoms with E-state index in [1.54, 1.807) is 0 Å². The van der Waals surface area contributed by atoms with Crippen molar-refractivity contribution >= 4 is 23.4 Å². The van der Waals surface area contributed by atoms with Gasteiger partial charge in [0.2, 0.25) is 11.8 Å². The van der Waals surface area contributed by atoms with E-state index in [1.165, 1.54) is 0 Å². The van der Waals surface area contributed by atoms with E-state index in [4.69, 9.17) is 0 Å². The molecule has 20 heavy (non-hydrogen) atoms. The summed E-state index contributed by atoms with van der Waals surface area (Å²) in [5.74, 6) is -1.13. The number of amides is 3. The van der Waals surface area contributed by atoms with E-state index in [9.17, 15) is 14.4 Å². The maximum atomic E-state index is 12.2. The van der Waals surface area contributed by atoms with Crippen LogP contribution in [0.15, 0.2) is 29.3 Å². The van der Waals surface area contributed by atoms with E-state index < -0.39 is 11.9 Å². The maximum absolute atomic E-state index is 12.2. The van der Waals surface area contributed by atoms with Crippen molar-refractivity contribution in [3.8, 4) is 0 Å². The standard InChI is InChI=1S/C14H13N3O3/c18-11-6-5-10(13(19)17-11)16-14(20)12-9-4-2-1-3-8(9)7-15-12/h1-4,10H,5-7H2,(H,16,20)(H,17,18,19)/t10-/m1/s1. The Morgan fingerprint density at radius 1 is 1.30 bits per heavy atom. The van der Waals surface area contributed by atoms with E-state index in [0.717, 1.165) is 11.1 Å². The highest BCUT2D eigenvalue weighted by Crippen LogP contribution is 2.18. The first-order valence-corrected chi connectivity index (χ1v) is 6.42. The maximum Gasteiger partial charge on any atom is 0.270 e. The Morgan fingerprint density at radius 3 is 2.90 bits per heavy atom. The van der Waals surface area contributed by atoms with Gasteiger partial charge in [0.25, 0.3) is 5.91 Å². The smallest absolute Gasteiger partial charge is 0.270 e. The monoisotopic (exact) mass is 271 g/mol. The molecule has 0 bridgehead atoms. The molecule has 1 aromatic carbocycles. The molecule has 2 heterocycles. The first kappa shape index (κ1) is 12.5. The molecule has 0 saturated carbocycles. The Bertz CT molecular complexity index is 636. The predicted octanol–water partition coefficient (Wildman–Crippen LogP) is -0.0893. The van der Waals surface area contributed by atoms with Crippen molar-refractivity contribution in [3.63, 3.8) is 0 Å². The zero-order chi connectivity index (χ0) is 14.1. The Labute approximate surface area is 115 Å². The zero-order valence-corrected chi connectivity index (χ0v) is 10.7. The highest BCUT2D eigenvalue weighted by Gasteiger charge is 2.30. The largest absolute Gasteiger partial charge is 0.339 e. The molecule has 1 fully saturated rings. The minimum atomic E-state index is -0.671. The molecule has 2 N–H and O–H groups in total. The molecule has 102 valence electrons. The average Bonchev–Trinajstić information content (AvgIpc) is 2.86. The number of aliphatic imine (C=N–C) groups is 1. The third kappa shape index (κ3) is 2.20. The van der Waals surface area contributed by atoms with Crippen molar-refractivity contribution in [2.24, 2.45) is 4.99 Å². The van der Waals surface area contributed by atoms with Crippen molar-refractivity contribution in [1.82, 2.24) is 10.6 Å². The second kappa shape index (κ2) is 4.88. The van der Waals surface area contributed by atoms with Crippen LogP contribution in [0.25, 0.3) is 0 Å². The van der Waals surface area contributed by atoms with Crippen molar-refractivity contribution in [2.75, 3.05) is 0 Å². The number of nitrogens with zero attached hydrogens (tertiary/aromatic N) is 1. The fraction of sp³-hybridized carbons (Fsp3) is 0.286. The molecule has 0 spiro atoms. The first-order valence-electron chi connectivity index (χ1n) is 6.42. The molecule has 1 aromatic rings. The lowest BCUT2D eigenvalue weighted by Crippen LogP contribution is -2.53. The summed E-state index contributed by atoms with van der Waals surface area (Å²) in [6, 6.07) is 6.83. The number of nitrogens with one attached hydrogen (secondary N) is 2. The van der Waals surface area contributed by atoms with E-state index in [0.29, 0.717) is 18.7 Å². The summed E-state index contributed by atoms with van der Waals surface area (Å²) >= 11 is 0. The number of imide groups is 1. The van der Waals surface area contributed by atoms with Crippen LogP contribution >= 0.6 is 0 Å². The van der Waals surface area contributed by atoms with Crippen LogP contribution in [0.2, 0.25) is 0 Å². The second-order valence-electron chi connectivity index (χ2n) is 4.80. The number of hydrogen-bond acceptors (Lipinski definition) is 4. The number of hydrogen-bond donors (Lipinski definition) is 2. The predicted molar refractivity (Wildman–Crippen MR) is 71.0 cm³/mol. The van der Waals surface area contributed by atoms with Crippen LogP contribution in [-0.2, 0) is 20.9 Å². The second-order valence-corrected chi connectivity index (χ2v) is 4.80. The van der Waals surface area contributed by atoms with Gasteiger partial charge in [-0.25, -0.2) is 0 Å². The van der Waals surface area contributed by atoms with Gasteiger partial charge in [0.05, 0.1) is 6.54 Å². The van der Waals surface area contributed by atoms with Crippen LogP contribution < -0.4 is 10.6 Å². The van der Waals surface area contributed by atoms with Crippen molar-refractivity contribution < 1.29 is 14.4 Å². The van der Waals surface area contributed by atoms with Crippen molar-refractivity contribution in [1.29, 1.82) is 0 Å². The van der Waals surface area contributed by atoms with Gasteiger partial charge in [-0.3, -0.25) is 24.7 Å². The summed E-state index contributed by atoms with van der Waals surface area (Å²) in [6.07, 6.45) is 0.561. The van der Waals surface area contributed by atoms with Gasteiger partial charge in [0.1, 0.15) is 11.8 Å². The van der Waals surface area contributed by atoms with Crippen LogP contribution in [0, 0.1) is 0 Å². The fourth-order valence-corrected chi connectivity index (χ4v) is 2.39. The summed E-state index contributed by atoms with van der Waals surface area (Å²) in [5.41, 5.74) is 2.16. The molecule has 6 nitrogen and oxygen atoms in total. The third-order valence-electron chi connectivity index (χ3n) is 3.44. The summed E-state index contributed by atoms with van der Waals surface area (Å²) in [7, 11) is 0. The summed E-state index contributed by atoms with van der Waals surface area (Å²) in [4.78, 5) is 39.1. The van der Waals surface area contributed by atoms with Crippen LogP contribution in [-0.4, -0.2) is 29.5 Å². The molecule has 1 saturated heterocycles. The fourth-order valence-electron chi connectivity index (χ4n) is 2.39. The molecule has 2 aliphatic rings. The van der Waals surface area contributed by atoms with Crippen LogP contribution in [0.1, 0.15) is 24.0 Å². The Morgan fingerprint density at radius 2 is 2.10 bits per heavy atom. The normalized spacial score (nSPS) is 21.0. The van der Waals surface area contributed by atoms with Gasteiger partial charge >= 0.3 is 0 Å². The molecular formula is C14H13N3O3. The molecular weight excluding hydrogens is 258 g/mol. The number of benzene rings is 1. The molecule has 0 aromatic heterocycles. The molecule has 3 amide bonds. The minimum absolute atomic E-state index is 0.236. The molecule has 0 unspecified atom stereocenters. The van der Waals surface area contributed by atoms with E-state index in [1.807, 2.05) is 24.3 Å². The van der Waals surface area contributed by atoms with Crippen LogP contribution in [0.4, 0.5) is 0 Å². The van der Waals surface area contributed by atoms with Crippen molar-refractivity contribution in [3.05, 3.63) is 35.4 Å². The zero-order valence-electron chi connectivity index (χ0n) is 10.7. The van der Waals surface area contributed by atoms with Gasteiger partial charge in [-0.15, -0.1) is 0 Å². The van der Waals surface area contributed by atoms with Crippen LogP contribution in [0.5, 0.6) is 0 Å². The number of carbonyl (C=O) groups excluding carboxylic acids is 3. The lowest BCUT2D eigenvalue weighted by molar-refractivity contribution is -0.136. The highest BCUT2D eigenvalue weighted by atomic mass is 16.2. The lowest BCUT2D eigenvalue weighted by Gasteiger charge is -2.21. The Hall–Kier alpha value is -2.50. The Kier molecular flexibility index (Phi) is 3.06. The van der Waals surface area contributed by atoms with Gasteiger partial charge in [0.15, 0.2) is 0 Å². The summed E-state index contributed by atoms with van der Waals surface area (Å²) < 4.78 is 0. The number of rotatable bonds is 2. The molecule has 3 rings (SSSR count). The topological polar surface area (TPSA) is 87.6 Å². The highest BCUT2D eigenvalue weighted by molar-refractivity contribution is 6.46. The molecule has 6 heteroatoms. The van der Waals surface area contributed by atoms with E-state index in [-0.39, 0.29) is 18.2 Å². The van der Waals surface area contributed by atoms with Gasteiger partial charge in [-0.2, -0.15) is 0 Å². The lowest BCUT2D eigenvalue weighted by atomic mass is 10.0. The SMILES string of the molecule is O=C1CC[C@@H](NC(=O)C2=NCc3ccccc32)C(=O)N1.